The topological polar surface area (TPSA) is 12.0 Å². The Morgan fingerprint density at radius 3 is 2.70 bits per heavy atom. The van der Waals surface area contributed by atoms with Gasteiger partial charge in [-0.25, -0.2) is 0 Å². The second-order valence-electron chi connectivity index (χ2n) is 8.67. The average Bonchev–Trinajstić information content (AvgIpc) is 2.81. The number of hydrogen-bond acceptors (Lipinski definition) is 1. The third kappa shape index (κ3) is 1.76. The van der Waals surface area contributed by atoms with Crippen molar-refractivity contribution in [3.05, 3.63) is 0 Å². The van der Waals surface area contributed by atoms with Crippen LogP contribution in [0.15, 0.2) is 0 Å². The van der Waals surface area contributed by atoms with Crippen molar-refractivity contribution >= 4 is 17.2 Å². The molecule has 3 aliphatic carbocycles. The normalized spacial score (nSPS) is 54.6. The maximum atomic E-state index is 5.45. The fraction of sp³-hybridized carbons (Fsp3) is 0.944. The van der Waals surface area contributed by atoms with Crippen molar-refractivity contribution in [3.8, 4) is 0 Å². The first-order valence-electron chi connectivity index (χ1n) is 8.82. The predicted molar refractivity (Wildman–Crippen MR) is 87.8 cm³/mol. The molecule has 4 aliphatic rings. The molecule has 1 saturated heterocycles. The number of fused-ring (bicyclic) bond motifs is 5. The van der Waals surface area contributed by atoms with Gasteiger partial charge in [0.1, 0.15) is 0 Å². The Morgan fingerprint density at radius 2 is 1.85 bits per heavy atom. The highest BCUT2D eigenvalue weighted by molar-refractivity contribution is 7.80. The third-order valence-electron chi connectivity index (χ3n) is 7.88. The van der Waals surface area contributed by atoms with E-state index in [-0.39, 0.29) is 0 Å². The number of piperidine rings is 1. The highest BCUT2D eigenvalue weighted by Crippen LogP contribution is 2.63. The molecule has 0 aromatic rings. The van der Waals surface area contributed by atoms with E-state index in [2.05, 4.69) is 19.2 Å². The van der Waals surface area contributed by atoms with Crippen LogP contribution in [0.4, 0.5) is 0 Å². The SMILES string of the molecule is C[C@@]12CCC[C@H]1[C@@H]1CCC3NC(=S)CC[C@]3(C)[C@H]1CC2. The summed E-state index contributed by atoms with van der Waals surface area (Å²) in [5, 5.41) is 3.69. The molecule has 0 bridgehead atoms. The van der Waals surface area contributed by atoms with E-state index in [1.807, 2.05) is 0 Å². The van der Waals surface area contributed by atoms with Crippen LogP contribution in [0, 0.1) is 28.6 Å². The molecule has 4 rings (SSSR count). The van der Waals surface area contributed by atoms with Crippen LogP contribution in [0.5, 0.6) is 0 Å². The summed E-state index contributed by atoms with van der Waals surface area (Å²) in [5.74, 6) is 3.02. The van der Waals surface area contributed by atoms with Crippen molar-refractivity contribution in [3.63, 3.8) is 0 Å². The van der Waals surface area contributed by atoms with Crippen molar-refractivity contribution in [1.82, 2.24) is 5.32 Å². The molecule has 0 amide bonds. The summed E-state index contributed by atoms with van der Waals surface area (Å²) in [5.41, 5.74) is 1.22. The van der Waals surface area contributed by atoms with E-state index in [9.17, 15) is 0 Å². The van der Waals surface area contributed by atoms with Crippen LogP contribution >= 0.6 is 12.2 Å². The Morgan fingerprint density at radius 1 is 1.00 bits per heavy atom. The predicted octanol–water partition coefficient (Wildman–Crippen LogP) is 4.70. The summed E-state index contributed by atoms with van der Waals surface area (Å²) < 4.78 is 0. The molecule has 1 aliphatic heterocycles. The van der Waals surface area contributed by atoms with Crippen LogP contribution in [0.25, 0.3) is 0 Å². The zero-order valence-corrected chi connectivity index (χ0v) is 13.9. The smallest absolute Gasteiger partial charge is 0.0755 e. The molecule has 2 heteroatoms. The van der Waals surface area contributed by atoms with E-state index >= 15 is 0 Å². The second-order valence-corrected chi connectivity index (χ2v) is 9.16. The standard InChI is InChI=1S/C18H29NS/c1-17-9-3-4-13(17)12-5-6-15-18(2,14(12)7-10-17)11-8-16(20)19-15/h12-15H,3-11H2,1-2H3,(H,19,20)/t12-,13-,14-,15?,17-,18+/m0/s1. The maximum absolute atomic E-state index is 5.45. The van der Waals surface area contributed by atoms with Gasteiger partial charge >= 0.3 is 0 Å². The van der Waals surface area contributed by atoms with Gasteiger partial charge in [0.25, 0.3) is 0 Å². The van der Waals surface area contributed by atoms with E-state index in [1.54, 1.807) is 0 Å². The maximum Gasteiger partial charge on any atom is 0.0755 e. The average molecular weight is 292 g/mol. The van der Waals surface area contributed by atoms with Gasteiger partial charge in [-0.2, -0.15) is 0 Å². The minimum Gasteiger partial charge on any atom is -0.376 e. The molecule has 1 unspecified atom stereocenters. The molecule has 3 saturated carbocycles. The van der Waals surface area contributed by atoms with Gasteiger partial charge in [-0.05, 0) is 80.0 Å². The summed E-state index contributed by atoms with van der Waals surface area (Å²) in [4.78, 5) is 1.13. The van der Waals surface area contributed by atoms with Crippen molar-refractivity contribution in [2.45, 2.75) is 77.7 Å². The fourth-order valence-corrected chi connectivity index (χ4v) is 6.94. The van der Waals surface area contributed by atoms with Crippen LogP contribution in [0.3, 0.4) is 0 Å². The second kappa shape index (κ2) is 4.44. The Balaban J connectivity index is 1.64. The molecule has 1 nitrogen and oxygen atoms in total. The molecule has 6 atom stereocenters. The largest absolute Gasteiger partial charge is 0.376 e. The van der Waals surface area contributed by atoms with Gasteiger partial charge in [-0.3, -0.25) is 0 Å². The number of thiocarbonyl (C=S) groups is 1. The van der Waals surface area contributed by atoms with E-state index in [1.165, 1.54) is 51.4 Å². The van der Waals surface area contributed by atoms with Crippen molar-refractivity contribution in [1.29, 1.82) is 0 Å². The van der Waals surface area contributed by atoms with Gasteiger partial charge in [-0.15, -0.1) is 0 Å². The first-order valence-corrected chi connectivity index (χ1v) is 9.23. The van der Waals surface area contributed by atoms with Gasteiger partial charge in [0, 0.05) is 6.04 Å². The highest BCUT2D eigenvalue weighted by atomic mass is 32.1. The zero-order chi connectivity index (χ0) is 14.0. The molecule has 20 heavy (non-hydrogen) atoms. The lowest BCUT2D eigenvalue weighted by Crippen LogP contribution is -2.60. The highest BCUT2D eigenvalue weighted by Gasteiger charge is 2.57. The first kappa shape index (κ1) is 13.5. The monoisotopic (exact) mass is 291 g/mol. The summed E-state index contributed by atoms with van der Waals surface area (Å²) in [6, 6.07) is 0.677. The Labute approximate surface area is 129 Å². The summed E-state index contributed by atoms with van der Waals surface area (Å²) >= 11 is 5.45. The summed E-state index contributed by atoms with van der Waals surface area (Å²) in [7, 11) is 0. The molecule has 0 radical (unpaired) electrons. The number of hydrogen-bond donors (Lipinski definition) is 1. The Kier molecular flexibility index (Phi) is 3.01. The molecule has 4 fully saturated rings. The van der Waals surface area contributed by atoms with Crippen LogP contribution < -0.4 is 5.32 Å². The van der Waals surface area contributed by atoms with E-state index in [0.29, 0.717) is 16.9 Å². The Bertz CT molecular complexity index is 433. The van der Waals surface area contributed by atoms with Gasteiger partial charge in [0.2, 0.25) is 0 Å². The quantitative estimate of drug-likeness (QED) is 0.649. The van der Waals surface area contributed by atoms with Crippen molar-refractivity contribution in [2.75, 3.05) is 0 Å². The third-order valence-corrected chi connectivity index (χ3v) is 8.20. The molecule has 112 valence electrons. The van der Waals surface area contributed by atoms with E-state index in [0.717, 1.165) is 29.2 Å². The Hall–Kier alpha value is -0.110. The molecule has 0 spiro atoms. The zero-order valence-electron chi connectivity index (χ0n) is 13.1. The lowest BCUT2D eigenvalue weighted by Gasteiger charge is -2.60. The van der Waals surface area contributed by atoms with E-state index < -0.39 is 0 Å². The number of rotatable bonds is 0. The van der Waals surface area contributed by atoms with Gasteiger partial charge in [0.05, 0.1) is 4.99 Å². The fourth-order valence-electron chi connectivity index (χ4n) is 6.70. The molecule has 1 heterocycles. The van der Waals surface area contributed by atoms with Gasteiger partial charge in [-0.1, -0.05) is 32.5 Å². The molecule has 0 aromatic heterocycles. The van der Waals surface area contributed by atoms with Crippen LogP contribution in [0.2, 0.25) is 0 Å². The van der Waals surface area contributed by atoms with Crippen LogP contribution in [-0.4, -0.2) is 11.0 Å². The lowest BCUT2D eigenvalue weighted by atomic mass is 9.48. The van der Waals surface area contributed by atoms with Crippen LogP contribution in [0.1, 0.15) is 71.6 Å². The molecule has 0 aromatic carbocycles. The van der Waals surface area contributed by atoms with E-state index in [4.69, 9.17) is 12.2 Å². The molecular weight excluding hydrogens is 262 g/mol. The van der Waals surface area contributed by atoms with Crippen molar-refractivity contribution in [2.24, 2.45) is 28.6 Å². The van der Waals surface area contributed by atoms with Crippen LogP contribution in [-0.2, 0) is 0 Å². The van der Waals surface area contributed by atoms with Gasteiger partial charge in [0.15, 0.2) is 0 Å². The minimum atomic E-state index is 0.523. The first-order chi connectivity index (χ1) is 9.53. The summed E-state index contributed by atoms with van der Waals surface area (Å²) in [6.07, 6.45) is 12.8. The lowest BCUT2D eigenvalue weighted by molar-refractivity contribution is -0.0755. The van der Waals surface area contributed by atoms with Crippen molar-refractivity contribution < 1.29 is 0 Å². The molecular formula is C18H29NS. The molecule has 1 N–H and O–H groups in total. The van der Waals surface area contributed by atoms with Gasteiger partial charge < -0.3 is 5.32 Å². The summed E-state index contributed by atoms with van der Waals surface area (Å²) in [6.45, 7) is 5.18. The number of nitrogens with one attached hydrogen (secondary N) is 1. The minimum absolute atomic E-state index is 0.523.